The Kier molecular flexibility index (Phi) is 5.49. The van der Waals surface area contributed by atoms with Gasteiger partial charge < -0.3 is 5.32 Å². The van der Waals surface area contributed by atoms with E-state index in [0.717, 1.165) is 12.1 Å². The van der Waals surface area contributed by atoms with Crippen molar-refractivity contribution in [2.75, 3.05) is 14.1 Å². The van der Waals surface area contributed by atoms with Gasteiger partial charge in [-0.05, 0) is 51.4 Å². The van der Waals surface area contributed by atoms with Crippen LogP contribution in [0.15, 0.2) is 24.3 Å². The minimum absolute atomic E-state index is 0.120. The zero-order valence-corrected chi connectivity index (χ0v) is 12.3. The first kappa shape index (κ1) is 15.4. The molecular weight excluding hydrogens is 258 g/mol. The average Bonchev–Trinajstić information content (AvgIpc) is 2.47. The minimum Gasteiger partial charge on any atom is -0.317 e. The molecule has 2 rings (SSSR count). The number of alkyl halides is 2. The average molecular weight is 282 g/mol. The summed E-state index contributed by atoms with van der Waals surface area (Å²) in [5, 5.41) is 3.33. The highest BCUT2D eigenvalue weighted by atomic mass is 19.3. The van der Waals surface area contributed by atoms with E-state index in [-0.39, 0.29) is 5.56 Å². The van der Waals surface area contributed by atoms with Gasteiger partial charge in [-0.1, -0.05) is 18.2 Å². The molecule has 0 heterocycles. The Bertz CT molecular complexity index is 415. The van der Waals surface area contributed by atoms with Gasteiger partial charge in [0.25, 0.3) is 6.43 Å². The van der Waals surface area contributed by atoms with Crippen molar-refractivity contribution < 1.29 is 8.78 Å². The molecule has 0 bridgehead atoms. The van der Waals surface area contributed by atoms with E-state index in [4.69, 9.17) is 0 Å². The Labute approximate surface area is 120 Å². The second kappa shape index (κ2) is 7.14. The molecule has 0 radical (unpaired) electrons. The molecule has 0 saturated heterocycles. The predicted molar refractivity (Wildman–Crippen MR) is 78.0 cm³/mol. The lowest BCUT2D eigenvalue weighted by atomic mass is 9.90. The van der Waals surface area contributed by atoms with E-state index in [1.54, 1.807) is 12.1 Å². The molecule has 0 spiro atoms. The standard InChI is InChI=1S/C16H24F2N2/c1-19-14-6-8-15(9-7-14)20(2)11-12-4-3-5-13(10-12)16(17)18/h3-5,10,14-16,19H,6-9,11H2,1-2H3. The maximum Gasteiger partial charge on any atom is 0.263 e. The number of nitrogens with zero attached hydrogens (tertiary/aromatic N) is 1. The van der Waals surface area contributed by atoms with E-state index in [9.17, 15) is 8.78 Å². The van der Waals surface area contributed by atoms with Gasteiger partial charge in [-0.3, -0.25) is 4.90 Å². The first-order valence-corrected chi connectivity index (χ1v) is 7.34. The van der Waals surface area contributed by atoms with Crippen LogP contribution < -0.4 is 5.32 Å². The Morgan fingerprint density at radius 3 is 2.55 bits per heavy atom. The summed E-state index contributed by atoms with van der Waals surface area (Å²) in [5.74, 6) is 0. The fourth-order valence-corrected chi connectivity index (χ4v) is 3.05. The van der Waals surface area contributed by atoms with Gasteiger partial charge in [-0.25, -0.2) is 8.78 Å². The van der Waals surface area contributed by atoms with E-state index in [1.807, 2.05) is 13.1 Å². The zero-order valence-electron chi connectivity index (χ0n) is 12.3. The third-order valence-corrected chi connectivity index (χ3v) is 4.36. The number of benzene rings is 1. The van der Waals surface area contributed by atoms with Gasteiger partial charge in [0.1, 0.15) is 0 Å². The molecule has 0 aromatic heterocycles. The smallest absolute Gasteiger partial charge is 0.263 e. The number of nitrogens with one attached hydrogen (secondary N) is 1. The highest BCUT2D eigenvalue weighted by Gasteiger charge is 2.23. The van der Waals surface area contributed by atoms with Crippen LogP contribution in [0.4, 0.5) is 8.78 Å². The number of hydrogen-bond donors (Lipinski definition) is 1. The quantitative estimate of drug-likeness (QED) is 0.888. The summed E-state index contributed by atoms with van der Waals surface area (Å²) in [6.07, 6.45) is 2.37. The molecular formula is C16H24F2N2. The van der Waals surface area contributed by atoms with Gasteiger partial charge >= 0.3 is 0 Å². The fraction of sp³-hybridized carbons (Fsp3) is 0.625. The van der Waals surface area contributed by atoms with Crippen LogP contribution in [-0.2, 0) is 6.54 Å². The molecule has 20 heavy (non-hydrogen) atoms. The van der Waals surface area contributed by atoms with E-state index in [0.29, 0.717) is 12.1 Å². The van der Waals surface area contributed by atoms with E-state index < -0.39 is 6.43 Å². The fourth-order valence-electron chi connectivity index (χ4n) is 3.05. The molecule has 1 fully saturated rings. The molecule has 1 N–H and O–H groups in total. The molecule has 0 unspecified atom stereocenters. The third kappa shape index (κ3) is 4.00. The lowest BCUT2D eigenvalue weighted by molar-refractivity contribution is 0.150. The van der Waals surface area contributed by atoms with Crippen LogP contribution in [0.3, 0.4) is 0 Å². The lowest BCUT2D eigenvalue weighted by Gasteiger charge is -2.34. The summed E-state index contributed by atoms with van der Waals surface area (Å²) in [4.78, 5) is 2.30. The largest absolute Gasteiger partial charge is 0.317 e. The van der Waals surface area contributed by atoms with E-state index in [1.165, 1.54) is 31.7 Å². The van der Waals surface area contributed by atoms with Gasteiger partial charge in [0.05, 0.1) is 0 Å². The minimum atomic E-state index is -2.38. The van der Waals surface area contributed by atoms with Crippen molar-refractivity contribution in [2.24, 2.45) is 0 Å². The first-order valence-electron chi connectivity index (χ1n) is 7.34. The number of rotatable bonds is 5. The van der Waals surface area contributed by atoms with Crippen molar-refractivity contribution in [1.82, 2.24) is 10.2 Å². The van der Waals surface area contributed by atoms with Crippen LogP contribution >= 0.6 is 0 Å². The molecule has 4 heteroatoms. The normalized spacial score (nSPS) is 23.5. The molecule has 1 aromatic rings. The lowest BCUT2D eigenvalue weighted by Crippen LogP contribution is -2.39. The SMILES string of the molecule is CNC1CCC(N(C)Cc2cccc(C(F)F)c2)CC1. The van der Waals surface area contributed by atoms with Crippen LogP contribution in [0.1, 0.15) is 43.2 Å². The van der Waals surface area contributed by atoms with Crippen LogP contribution in [0.5, 0.6) is 0 Å². The van der Waals surface area contributed by atoms with Gasteiger partial charge in [0.15, 0.2) is 0 Å². The van der Waals surface area contributed by atoms with Crippen molar-refractivity contribution in [2.45, 2.75) is 50.7 Å². The van der Waals surface area contributed by atoms with Crippen molar-refractivity contribution >= 4 is 0 Å². The van der Waals surface area contributed by atoms with Gasteiger partial charge in [0, 0.05) is 24.2 Å². The summed E-state index contributed by atoms with van der Waals surface area (Å²) in [6.45, 7) is 0.745. The second-order valence-corrected chi connectivity index (χ2v) is 5.75. The van der Waals surface area contributed by atoms with Gasteiger partial charge in [-0.15, -0.1) is 0 Å². The summed E-state index contributed by atoms with van der Waals surface area (Å²) in [5.41, 5.74) is 1.09. The molecule has 0 aliphatic heterocycles. The maximum absolute atomic E-state index is 12.7. The van der Waals surface area contributed by atoms with Crippen molar-refractivity contribution in [3.05, 3.63) is 35.4 Å². The van der Waals surface area contributed by atoms with Crippen molar-refractivity contribution in [3.63, 3.8) is 0 Å². The zero-order chi connectivity index (χ0) is 14.5. The van der Waals surface area contributed by atoms with Gasteiger partial charge in [-0.2, -0.15) is 0 Å². The van der Waals surface area contributed by atoms with Gasteiger partial charge in [0.2, 0.25) is 0 Å². The summed E-state index contributed by atoms with van der Waals surface area (Å²) < 4.78 is 25.4. The topological polar surface area (TPSA) is 15.3 Å². The predicted octanol–water partition coefficient (Wildman–Crippen LogP) is 3.59. The molecule has 1 aliphatic rings. The van der Waals surface area contributed by atoms with Crippen LogP contribution in [-0.4, -0.2) is 31.1 Å². The Morgan fingerprint density at radius 1 is 1.25 bits per heavy atom. The number of hydrogen-bond acceptors (Lipinski definition) is 2. The number of halogens is 2. The molecule has 1 aromatic carbocycles. The van der Waals surface area contributed by atoms with E-state index in [2.05, 4.69) is 17.3 Å². The highest BCUT2D eigenvalue weighted by Crippen LogP contribution is 2.24. The van der Waals surface area contributed by atoms with E-state index >= 15 is 0 Å². The molecule has 2 nitrogen and oxygen atoms in total. The summed E-state index contributed by atoms with van der Waals surface area (Å²) in [6, 6.07) is 7.98. The van der Waals surface area contributed by atoms with Crippen LogP contribution in [0.2, 0.25) is 0 Å². The summed E-state index contributed by atoms with van der Waals surface area (Å²) >= 11 is 0. The van der Waals surface area contributed by atoms with Crippen molar-refractivity contribution in [1.29, 1.82) is 0 Å². The maximum atomic E-state index is 12.7. The Hall–Kier alpha value is -1.00. The van der Waals surface area contributed by atoms with Crippen LogP contribution in [0.25, 0.3) is 0 Å². The molecule has 112 valence electrons. The van der Waals surface area contributed by atoms with Crippen molar-refractivity contribution in [3.8, 4) is 0 Å². The molecule has 1 aliphatic carbocycles. The highest BCUT2D eigenvalue weighted by molar-refractivity contribution is 5.24. The third-order valence-electron chi connectivity index (χ3n) is 4.36. The second-order valence-electron chi connectivity index (χ2n) is 5.75. The molecule has 1 saturated carbocycles. The van der Waals surface area contributed by atoms with Crippen LogP contribution in [0, 0.1) is 0 Å². The molecule has 0 amide bonds. The first-order chi connectivity index (χ1) is 9.60. The Balaban J connectivity index is 1.91. The summed E-state index contributed by atoms with van der Waals surface area (Å²) in [7, 11) is 4.12. The monoisotopic (exact) mass is 282 g/mol. The Morgan fingerprint density at radius 2 is 1.95 bits per heavy atom. The molecule has 0 atom stereocenters.